The first kappa shape index (κ1) is 20.0. The molecule has 29 heavy (non-hydrogen) atoms. The summed E-state index contributed by atoms with van der Waals surface area (Å²) in [6.07, 6.45) is -1.44. The summed E-state index contributed by atoms with van der Waals surface area (Å²) in [4.78, 5) is 42.2. The average Bonchev–Trinajstić information content (AvgIpc) is 2.95. The number of anilines is 1. The fourth-order valence-electron chi connectivity index (χ4n) is 4.50. The van der Waals surface area contributed by atoms with Gasteiger partial charge in [0.1, 0.15) is 18.1 Å². The molecule has 0 spiro atoms. The minimum absolute atomic E-state index is 0.451. The van der Waals surface area contributed by atoms with Crippen molar-refractivity contribution in [1.29, 1.82) is 0 Å². The van der Waals surface area contributed by atoms with Crippen LogP contribution in [0.15, 0.2) is 30.3 Å². The third-order valence-electron chi connectivity index (χ3n) is 6.02. The topological polar surface area (TPSA) is 101 Å². The van der Waals surface area contributed by atoms with Gasteiger partial charge < -0.3 is 24.9 Å². The fraction of sp³-hybridized carbons (Fsp3) is 0.550. The number of aliphatic carboxylic acids is 1. The Labute approximate surface area is 173 Å². The summed E-state index contributed by atoms with van der Waals surface area (Å²) in [7, 11) is 0. The summed E-state index contributed by atoms with van der Waals surface area (Å²) in [5.74, 6) is -2.85. The molecule has 4 atom stereocenters. The van der Waals surface area contributed by atoms with Gasteiger partial charge in [0.2, 0.25) is 5.91 Å². The number of aliphatic hydroxyl groups is 1. The first-order chi connectivity index (χ1) is 13.7. The highest BCUT2D eigenvalue weighted by molar-refractivity contribution is 8.01. The maximum absolute atomic E-state index is 12.8. The van der Waals surface area contributed by atoms with Crippen molar-refractivity contribution in [3.8, 4) is 0 Å². The van der Waals surface area contributed by atoms with E-state index in [2.05, 4.69) is 4.90 Å². The van der Waals surface area contributed by atoms with Crippen LogP contribution in [0, 0.1) is 5.92 Å². The van der Waals surface area contributed by atoms with Gasteiger partial charge in [-0.3, -0.25) is 9.59 Å². The third kappa shape index (κ3) is 3.26. The lowest BCUT2D eigenvalue weighted by Crippen LogP contribution is -2.67. The molecule has 0 aromatic heterocycles. The Morgan fingerprint density at radius 1 is 1.14 bits per heavy atom. The number of para-hydroxylation sites is 1. The number of rotatable bonds is 4. The quantitative estimate of drug-likeness (QED) is 0.684. The number of carbonyl (C=O) groups excluding carboxylic acids is 2. The van der Waals surface area contributed by atoms with Crippen molar-refractivity contribution in [1.82, 2.24) is 9.80 Å². The van der Waals surface area contributed by atoms with Crippen LogP contribution < -0.4 is 4.90 Å². The average molecular weight is 420 g/mol. The molecule has 2 amide bonds. The number of carboxylic acid groups (broad SMARTS) is 1. The van der Waals surface area contributed by atoms with Gasteiger partial charge >= 0.3 is 5.97 Å². The molecule has 1 aromatic carbocycles. The predicted molar refractivity (Wildman–Crippen MR) is 108 cm³/mol. The highest BCUT2D eigenvalue weighted by Crippen LogP contribution is 2.54. The molecule has 0 bridgehead atoms. The Kier molecular flexibility index (Phi) is 4.98. The van der Waals surface area contributed by atoms with Gasteiger partial charge in [-0.1, -0.05) is 18.2 Å². The third-order valence-corrected chi connectivity index (χ3v) is 7.61. The molecule has 2 N–H and O–H groups in total. The van der Waals surface area contributed by atoms with E-state index in [0.29, 0.717) is 26.2 Å². The highest BCUT2D eigenvalue weighted by atomic mass is 32.2. The zero-order valence-electron chi connectivity index (χ0n) is 16.4. The fourth-order valence-corrected chi connectivity index (χ4v) is 6.21. The van der Waals surface area contributed by atoms with E-state index >= 15 is 0 Å². The molecule has 8 nitrogen and oxygen atoms in total. The molecule has 9 heteroatoms. The van der Waals surface area contributed by atoms with Crippen LogP contribution in [0.1, 0.15) is 13.8 Å². The van der Waals surface area contributed by atoms with E-state index in [1.165, 1.54) is 16.7 Å². The van der Waals surface area contributed by atoms with Crippen molar-refractivity contribution in [2.45, 2.75) is 36.1 Å². The summed E-state index contributed by atoms with van der Waals surface area (Å²) < 4.78 is -0.676. The lowest BCUT2D eigenvalue weighted by atomic mass is 9.87. The van der Waals surface area contributed by atoms with Gasteiger partial charge in [0, 0.05) is 36.6 Å². The van der Waals surface area contributed by atoms with Gasteiger partial charge in [-0.05, 0) is 26.0 Å². The summed E-state index contributed by atoms with van der Waals surface area (Å²) in [5, 5.41) is 19.7. The van der Waals surface area contributed by atoms with Crippen LogP contribution in [0.3, 0.4) is 0 Å². The van der Waals surface area contributed by atoms with E-state index in [-0.39, 0.29) is 0 Å². The van der Waals surface area contributed by atoms with Crippen molar-refractivity contribution in [2.75, 3.05) is 31.1 Å². The van der Waals surface area contributed by atoms with Crippen LogP contribution in [0.5, 0.6) is 0 Å². The molecule has 156 valence electrons. The number of nitrogens with zero attached hydrogens (tertiary/aromatic N) is 3. The van der Waals surface area contributed by atoms with Gasteiger partial charge in [-0.15, -0.1) is 11.8 Å². The molecule has 0 radical (unpaired) electrons. The molecular formula is C20H25N3O5S. The van der Waals surface area contributed by atoms with Crippen molar-refractivity contribution >= 4 is 35.2 Å². The maximum Gasteiger partial charge on any atom is 0.327 e. The van der Waals surface area contributed by atoms with Crippen LogP contribution in [-0.4, -0.2) is 86.2 Å². The smallest absolute Gasteiger partial charge is 0.327 e. The minimum atomic E-state index is -1.44. The number of thioether (sulfide) groups is 1. The summed E-state index contributed by atoms with van der Waals surface area (Å²) in [5.41, 5.74) is 1.09. The predicted octanol–water partition coefficient (Wildman–Crippen LogP) is 0.459. The van der Waals surface area contributed by atoms with E-state index in [1.54, 1.807) is 18.7 Å². The monoisotopic (exact) mass is 419 g/mol. The summed E-state index contributed by atoms with van der Waals surface area (Å²) >= 11 is 1.34. The number of aliphatic hydroxyl groups excluding tert-OH is 1. The second kappa shape index (κ2) is 7.21. The lowest BCUT2D eigenvalue weighted by Gasteiger charge is -2.46. The zero-order valence-corrected chi connectivity index (χ0v) is 17.2. The van der Waals surface area contributed by atoms with E-state index in [0.717, 1.165) is 5.69 Å². The normalized spacial score (nSPS) is 29.3. The second-order valence-electron chi connectivity index (χ2n) is 8.22. The Hall–Kier alpha value is -2.26. The van der Waals surface area contributed by atoms with Crippen LogP contribution in [0.25, 0.3) is 0 Å². The molecule has 3 aliphatic heterocycles. The molecule has 0 aliphatic carbocycles. The molecule has 0 unspecified atom stereocenters. The number of carboxylic acids is 1. The molecule has 1 aromatic rings. The molecule has 3 aliphatic rings. The van der Waals surface area contributed by atoms with Crippen molar-refractivity contribution in [3.63, 3.8) is 0 Å². The maximum atomic E-state index is 12.8. The van der Waals surface area contributed by atoms with E-state index in [1.807, 2.05) is 30.3 Å². The van der Waals surface area contributed by atoms with Gasteiger partial charge in [0.15, 0.2) is 0 Å². The number of carbonyl (C=O) groups is 3. The summed E-state index contributed by atoms with van der Waals surface area (Å²) in [6.45, 7) is 5.79. The van der Waals surface area contributed by atoms with Gasteiger partial charge in [-0.25, -0.2) is 4.79 Å². The number of amides is 2. The number of fused-ring (bicyclic) bond motifs is 1. The molecule has 3 fully saturated rings. The zero-order chi connectivity index (χ0) is 20.9. The molecule has 0 saturated carbocycles. The lowest BCUT2D eigenvalue weighted by molar-refractivity contribution is -0.173. The number of β-lactam (4-membered cyclic amide) rings is 1. The first-order valence-corrected chi connectivity index (χ1v) is 10.6. The Balaban J connectivity index is 1.40. The van der Waals surface area contributed by atoms with Crippen LogP contribution in [0.2, 0.25) is 0 Å². The Bertz CT molecular complexity index is 825. The number of piperazine rings is 1. The molecule has 4 rings (SSSR count). The minimum Gasteiger partial charge on any atom is -0.480 e. The van der Waals surface area contributed by atoms with Gasteiger partial charge in [-0.2, -0.15) is 0 Å². The van der Waals surface area contributed by atoms with Crippen molar-refractivity contribution < 1.29 is 24.6 Å². The van der Waals surface area contributed by atoms with E-state index in [4.69, 9.17) is 0 Å². The van der Waals surface area contributed by atoms with E-state index in [9.17, 15) is 24.6 Å². The SMILES string of the molecule is CC1(C)S[C@@H]2[C@H]([C@H](O)C(=O)N3CCN(c4ccccc4)CC3)C(=O)N2[C@H]1C(=O)O. The largest absolute Gasteiger partial charge is 0.480 e. The highest BCUT2D eigenvalue weighted by Gasteiger charge is 2.66. The Morgan fingerprint density at radius 3 is 2.34 bits per heavy atom. The summed E-state index contributed by atoms with van der Waals surface area (Å²) in [6, 6.07) is 8.98. The number of hydrogen-bond donors (Lipinski definition) is 2. The van der Waals surface area contributed by atoms with Crippen molar-refractivity contribution in [3.05, 3.63) is 30.3 Å². The number of hydrogen-bond acceptors (Lipinski definition) is 6. The van der Waals surface area contributed by atoms with Crippen LogP contribution in [-0.2, 0) is 14.4 Å². The van der Waals surface area contributed by atoms with Crippen LogP contribution >= 0.6 is 11.8 Å². The standard InChI is InChI=1S/C20H25N3O5S/c1-20(2)15(19(27)28)23-16(25)13(18(23)29-20)14(24)17(26)22-10-8-21(9-11-22)12-6-4-3-5-7-12/h3-7,13-15,18,24H,8-11H2,1-2H3,(H,27,28)/t13-,14+,15+,18-/m1/s1. The first-order valence-electron chi connectivity index (χ1n) is 9.72. The van der Waals surface area contributed by atoms with Gasteiger partial charge in [0.25, 0.3) is 5.91 Å². The molecule has 3 saturated heterocycles. The van der Waals surface area contributed by atoms with E-state index < -0.39 is 46.0 Å². The molecule has 3 heterocycles. The Morgan fingerprint density at radius 2 is 1.76 bits per heavy atom. The number of benzene rings is 1. The van der Waals surface area contributed by atoms with Crippen molar-refractivity contribution in [2.24, 2.45) is 5.92 Å². The van der Waals surface area contributed by atoms with Crippen LogP contribution in [0.4, 0.5) is 5.69 Å². The second-order valence-corrected chi connectivity index (χ2v) is 9.99. The van der Waals surface area contributed by atoms with Gasteiger partial charge in [0.05, 0.1) is 5.37 Å². The molecular weight excluding hydrogens is 394 g/mol.